The molecule has 0 radical (unpaired) electrons. The van der Waals surface area contributed by atoms with Crippen LogP contribution in [0.2, 0.25) is 0 Å². The Hall–Kier alpha value is -0.610. The molecule has 14 heavy (non-hydrogen) atoms. The highest BCUT2D eigenvalue weighted by Crippen LogP contribution is 1.86. The molecule has 0 aromatic rings. The number of unbranched alkanes of at least 4 members (excludes halogenated alkanes) is 1. The molecule has 0 fully saturated rings. The molecular weight excluding hydrogens is 182 g/mol. The van der Waals surface area contributed by atoms with Crippen molar-refractivity contribution in [2.75, 3.05) is 33.5 Å². The first-order valence-electron chi connectivity index (χ1n) is 5.14. The quantitative estimate of drug-likeness (QED) is 0.568. The van der Waals surface area contributed by atoms with E-state index in [4.69, 9.17) is 9.47 Å². The molecule has 0 unspecified atom stereocenters. The van der Waals surface area contributed by atoms with E-state index in [1.165, 1.54) is 0 Å². The van der Waals surface area contributed by atoms with Crippen molar-refractivity contribution in [2.24, 2.45) is 0 Å². The van der Waals surface area contributed by atoms with E-state index in [1.807, 2.05) is 0 Å². The van der Waals surface area contributed by atoms with Crippen molar-refractivity contribution in [3.8, 4) is 0 Å². The number of amides is 1. The molecule has 0 aliphatic carbocycles. The van der Waals surface area contributed by atoms with Crippen LogP contribution in [0, 0.1) is 0 Å². The summed E-state index contributed by atoms with van der Waals surface area (Å²) < 4.78 is 9.97. The summed E-state index contributed by atoms with van der Waals surface area (Å²) in [4.78, 5) is 11.1. The molecule has 1 N–H and O–H groups in total. The summed E-state index contributed by atoms with van der Waals surface area (Å²) in [6.45, 7) is 4.48. The lowest BCUT2D eigenvalue weighted by Crippen LogP contribution is -2.25. The Labute approximate surface area is 86.0 Å². The molecule has 0 spiro atoms. The number of hydrogen-bond donors (Lipinski definition) is 1. The van der Waals surface area contributed by atoms with Gasteiger partial charge in [0, 0.05) is 20.1 Å². The lowest BCUT2D eigenvalue weighted by molar-refractivity contribution is -0.122. The van der Waals surface area contributed by atoms with E-state index in [2.05, 4.69) is 12.2 Å². The molecule has 0 heterocycles. The Balaban J connectivity index is 3.10. The average Bonchev–Trinajstić information content (AvgIpc) is 2.18. The van der Waals surface area contributed by atoms with Crippen molar-refractivity contribution < 1.29 is 14.3 Å². The largest absolute Gasteiger partial charge is 0.382 e. The van der Waals surface area contributed by atoms with E-state index >= 15 is 0 Å². The van der Waals surface area contributed by atoms with Gasteiger partial charge in [-0.25, -0.2) is 0 Å². The van der Waals surface area contributed by atoms with Gasteiger partial charge in [0.2, 0.25) is 5.91 Å². The van der Waals surface area contributed by atoms with Gasteiger partial charge in [-0.1, -0.05) is 13.3 Å². The zero-order valence-corrected chi connectivity index (χ0v) is 9.17. The fourth-order valence-electron chi connectivity index (χ4n) is 0.902. The highest BCUT2D eigenvalue weighted by atomic mass is 16.5. The number of methoxy groups -OCH3 is 1. The van der Waals surface area contributed by atoms with Crippen LogP contribution < -0.4 is 5.32 Å². The van der Waals surface area contributed by atoms with Crippen LogP contribution >= 0.6 is 0 Å². The Bertz CT molecular complexity index is 139. The highest BCUT2D eigenvalue weighted by Gasteiger charge is 1.99. The van der Waals surface area contributed by atoms with Gasteiger partial charge in [0.1, 0.15) is 0 Å². The molecule has 0 rings (SSSR count). The molecule has 0 aromatic carbocycles. The van der Waals surface area contributed by atoms with Gasteiger partial charge in [-0.15, -0.1) is 0 Å². The smallest absolute Gasteiger partial charge is 0.222 e. The first-order valence-corrected chi connectivity index (χ1v) is 5.14. The van der Waals surface area contributed by atoms with Crippen LogP contribution in [-0.2, 0) is 14.3 Å². The molecule has 0 aliphatic heterocycles. The van der Waals surface area contributed by atoms with Gasteiger partial charge in [0.15, 0.2) is 0 Å². The average molecular weight is 203 g/mol. The van der Waals surface area contributed by atoms with E-state index in [0.29, 0.717) is 26.2 Å². The standard InChI is InChI=1S/C10H21NO3/c1-3-4-6-11-10(12)5-7-14-9-8-13-2/h3-9H2,1-2H3,(H,11,12). The normalized spacial score (nSPS) is 10.1. The Morgan fingerprint density at radius 3 is 2.71 bits per heavy atom. The van der Waals surface area contributed by atoms with Crippen LogP contribution in [0.15, 0.2) is 0 Å². The first kappa shape index (κ1) is 13.4. The molecule has 0 aliphatic rings. The summed E-state index contributed by atoms with van der Waals surface area (Å²) in [6.07, 6.45) is 2.58. The molecule has 0 bridgehead atoms. The minimum atomic E-state index is 0.0656. The summed E-state index contributed by atoms with van der Waals surface area (Å²) in [5.74, 6) is 0.0656. The first-order chi connectivity index (χ1) is 6.81. The molecule has 0 saturated heterocycles. The minimum absolute atomic E-state index is 0.0656. The third-order valence-electron chi connectivity index (χ3n) is 1.76. The van der Waals surface area contributed by atoms with Crippen LogP contribution in [-0.4, -0.2) is 39.4 Å². The van der Waals surface area contributed by atoms with Gasteiger partial charge in [-0.3, -0.25) is 4.79 Å². The van der Waals surface area contributed by atoms with Crippen molar-refractivity contribution in [1.29, 1.82) is 0 Å². The van der Waals surface area contributed by atoms with E-state index in [-0.39, 0.29) is 5.91 Å². The van der Waals surface area contributed by atoms with Crippen LogP contribution in [0.1, 0.15) is 26.2 Å². The molecule has 84 valence electrons. The number of hydrogen-bond acceptors (Lipinski definition) is 3. The monoisotopic (exact) mass is 203 g/mol. The van der Waals surface area contributed by atoms with Crippen molar-refractivity contribution in [3.05, 3.63) is 0 Å². The van der Waals surface area contributed by atoms with Gasteiger partial charge >= 0.3 is 0 Å². The maximum atomic E-state index is 11.1. The molecule has 0 aromatic heterocycles. The van der Waals surface area contributed by atoms with Gasteiger partial charge in [0.05, 0.1) is 19.8 Å². The van der Waals surface area contributed by atoms with E-state index in [1.54, 1.807) is 7.11 Å². The van der Waals surface area contributed by atoms with Crippen molar-refractivity contribution in [1.82, 2.24) is 5.32 Å². The molecule has 4 heteroatoms. The van der Waals surface area contributed by atoms with Crippen molar-refractivity contribution >= 4 is 5.91 Å². The topological polar surface area (TPSA) is 47.6 Å². The molecular formula is C10H21NO3. The summed E-state index contributed by atoms with van der Waals surface area (Å²) in [6, 6.07) is 0. The molecule has 0 atom stereocenters. The van der Waals surface area contributed by atoms with Crippen LogP contribution in [0.5, 0.6) is 0 Å². The lowest BCUT2D eigenvalue weighted by Gasteiger charge is -2.04. The number of carbonyl (C=O) groups excluding carboxylic acids is 1. The SMILES string of the molecule is CCCCNC(=O)CCOCCOC. The van der Waals surface area contributed by atoms with Crippen LogP contribution in [0.4, 0.5) is 0 Å². The molecule has 0 saturated carbocycles. The zero-order valence-electron chi connectivity index (χ0n) is 9.17. The maximum absolute atomic E-state index is 11.1. The number of ether oxygens (including phenoxy) is 2. The third-order valence-corrected chi connectivity index (χ3v) is 1.76. The molecule has 4 nitrogen and oxygen atoms in total. The van der Waals surface area contributed by atoms with Crippen LogP contribution in [0.25, 0.3) is 0 Å². The van der Waals surface area contributed by atoms with E-state index in [9.17, 15) is 4.79 Å². The Morgan fingerprint density at radius 1 is 1.29 bits per heavy atom. The van der Waals surface area contributed by atoms with E-state index in [0.717, 1.165) is 19.4 Å². The van der Waals surface area contributed by atoms with E-state index < -0.39 is 0 Å². The lowest BCUT2D eigenvalue weighted by atomic mass is 10.3. The fourth-order valence-corrected chi connectivity index (χ4v) is 0.902. The predicted octanol–water partition coefficient (Wildman–Crippen LogP) is 0.956. The highest BCUT2D eigenvalue weighted by molar-refractivity contribution is 5.75. The number of nitrogens with one attached hydrogen (secondary N) is 1. The summed E-state index contributed by atoms with van der Waals surface area (Å²) in [5, 5.41) is 2.82. The maximum Gasteiger partial charge on any atom is 0.222 e. The second kappa shape index (κ2) is 10.5. The Kier molecular flexibility index (Phi) is 10.0. The minimum Gasteiger partial charge on any atom is -0.382 e. The number of rotatable bonds is 9. The second-order valence-electron chi connectivity index (χ2n) is 3.06. The summed E-state index contributed by atoms with van der Waals surface area (Å²) >= 11 is 0. The molecule has 1 amide bonds. The second-order valence-corrected chi connectivity index (χ2v) is 3.06. The predicted molar refractivity (Wildman–Crippen MR) is 55.2 cm³/mol. The number of carbonyl (C=O) groups is 1. The summed E-state index contributed by atoms with van der Waals surface area (Å²) in [7, 11) is 1.63. The van der Waals surface area contributed by atoms with Crippen molar-refractivity contribution in [2.45, 2.75) is 26.2 Å². The van der Waals surface area contributed by atoms with Gasteiger partial charge < -0.3 is 14.8 Å². The van der Waals surface area contributed by atoms with Crippen LogP contribution in [0.3, 0.4) is 0 Å². The fraction of sp³-hybridized carbons (Fsp3) is 0.900. The van der Waals surface area contributed by atoms with Gasteiger partial charge in [0.25, 0.3) is 0 Å². The van der Waals surface area contributed by atoms with Gasteiger partial charge in [-0.05, 0) is 6.42 Å². The third kappa shape index (κ3) is 9.48. The summed E-state index contributed by atoms with van der Waals surface area (Å²) in [5.41, 5.74) is 0. The Morgan fingerprint density at radius 2 is 2.07 bits per heavy atom. The van der Waals surface area contributed by atoms with Crippen molar-refractivity contribution in [3.63, 3.8) is 0 Å². The zero-order chi connectivity index (χ0) is 10.6. The van der Waals surface area contributed by atoms with Gasteiger partial charge in [-0.2, -0.15) is 0 Å².